The largest absolute Gasteiger partial charge is 0.317 e. The highest BCUT2D eigenvalue weighted by Gasteiger charge is 2.06. The summed E-state index contributed by atoms with van der Waals surface area (Å²) in [6.07, 6.45) is 3.29. The lowest BCUT2D eigenvalue weighted by Crippen LogP contribution is -2.15. The summed E-state index contributed by atoms with van der Waals surface area (Å²) in [5.41, 5.74) is 1.05. The number of fused-ring (bicyclic) bond motifs is 1. The number of halogens is 1. The van der Waals surface area contributed by atoms with Gasteiger partial charge in [-0.15, -0.1) is 11.3 Å². The Balaban J connectivity index is 1.99. The fourth-order valence-corrected chi connectivity index (χ4v) is 4.10. The zero-order valence-electron chi connectivity index (χ0n) is 11.8. The van der Waals surface area contributed by atoms with Crippen LogP contribution in [0.3, 0.4) is 0 Å². The quantitative estimate of drug-likeness (QED) is 0.638. The lowest BCUT2D eigenvalue weighted by atomic mass is 10.3. The maximum atomic E-state index is 12.0. The van der Waals surface area contributed by atoms with Crippen LogP contribution in [0.4, 0.5) is 0 Å². The molecule has 0 atom stereocenters. The van der Waals surface area contributed by atoms with E-state index in [1.807, 2.05) is 47.2 Å². The van der Waals surface area contributed by atoms with Crippen molar-refractivity contribution in [2.24, 2.45) is 4.99 Å². The highest BCUT2D eigenvalue weighted by Crippen LogP contribution is 2.21. The molecule has 1 aromatic carbocycles. The van der Waals surface area contributed by atoms with Gasteiger partial charge in [0.15, 0.2) is 4.80 Å². The van der Waals surface area contributed by atoms with Crippen LogP contribution in [0.2, 0.25) is 5.02 Å². The number of thiophene rings is 1. The Labute approximate surface area is 140 Å². The van der Waals surface area contributed by atoms with Crippen molar-refractivity contribution in [2.75, 3.05) is 0 Å². The Bertz CT molecular complexity index is 904. The van der Waals surface area contributed by atoms with E-state index < -0.39 is 0 Å². The molecule has 6 heteroatoms. The third kappa shape index (κ3) is 3.21. The van der Waals surface area contributed by atoms with Crippen molar-refractivity contribution >= 4 is 56.5 Å². The van der Waals surface area contributed by atoms with Crippen molar-refractivity contribution in [3.8, 4) is 0 Å². The van der Waals surface area contributed by atoms with E-state index >= 15 is 0 Å². The molecule has 0 unspecified atom stereocenters. The Kier molecular flexibility index (Phi) is 4.57. The van der Waals surface area contributed by atoms with Crippen LogP contribution >= 0.6 is 34.3 Å². The molecule has 0 aliphatic heterocycles. The minimum absolute atomic E-state index is 0.256. The first kappa shape index (κ1) is 15.2. The van der Waals surface area contributed by atoms with E-state index in [0.29, 0.717) is 9.82 Å². The van der Waals surface area contributed by atoms with E-state index in [9.17, 15) is 4.79 Å². The number of aryl methyl sites for hydroxylation is 1. The topological polar surface area (TPSA) is 34.4 Å². The number of carbonyl (C=O) groups is 1. The smallest absolute Gasteiger partial charge is 0.272 e. The average molecular weight is 349 g/mol. The van der Waals surface area contributed by atoms with Gasteiger partial charge in [-0.2, -0.15) is 4.99 Å². The van der Waals surface area contributed by atoms with Crippen LogP contribution in [0.1, 0.15) is 11.8 Å². The van der Waals surface area contributed by atoms with Gasteiger partial charge in [0.2, 0.25) is 0 Å². The van der Waals surface area contributed by atoms with Crippen LogP contribution in [0.15, 0.2) is 46.8 Å². The molecule has 0 bridgehead atoms. The van der Waals surface area contributed by atoms with Crippen molar-refractivity contribution in [3.63, 3.8) is 0 Å². The zero-order valence-corrected chi connectivity index (χ0v) is 14.2. The molecule has 0 aliphatic carbocycles. The molecule has 0 radical (unpaired) electrons. The van der Waals surface area contributed by atoms with Gasteiger partial charge in [-0.25, -0.2) is 0 Å². The minimum Gasteiger partial charge on any atom is -0.317 e. The van der Waals surface area contributed by atoms with Crippen LogP contribution in [-0.2, 0) is 11.3 Å². The minimum atomic E-state index is -0.256. The van der Waals surface area contributed by atoms with Gasteiger partial charge in [0.1, 0.15) is 0 Å². The third-order valence-electron chi connectivity index (χ3n) is 3.10. The molecule has 0 spiro atoms. The molecule has 0 fully saturated rings. The van der Waals surface area contributed by atoms with Crippen molar-refractivity contribution in [1.82, 2.24) is 4.57 Å². The highest BCUT2D eigenvalue weighted by atomic mass is 35.5. The molecule has 3 rings (SSSR count). The number of benzene rings is 1. The summed E-state index contributed by atoms with van der Waals surface area (Å²) < 4.78 is 3.05. The van der Waals surface area contributed by atoms with Gasteiger partial charge in [0.05, 0.1) is 10.2 Å². The summed E-state index contributed by atoms with van der Waals surface area (Å²) in [4.78, 5) is 18.0. The number of nitrogens with zero attached hydrogens (tertiary/aromatic N) is 2. The monoisotopic (exact) mass is 348 g/mol. The lowest BCUT2D eigenvalue weighted by Gasteiger charge is -1.99. The molecule has 0 saturated carbocycles. The summed E-state index contributed by atoms with van der Waals surface area (Å²) in [5, 5.41) is 2.66. The van der Waals surface area contributed by atoms with Crippen LogP contribution < -0.4 is 4.80 Å². The number of thiazole rings is 1. The molecule has 3 aromatic rings. The maximum absolute atomic E-state index is 12.0. The van der Waals surface area contributed by atoms with E-state index in [1.54, 1.807) is 17.4 Å². The summed E-state index contributed by atoms with van der Waals surface area (Å²) in [7, 11) is 0. The molecule has 2 aromatic heterocycles. The first-order valence-electron chi connectivity index (χ1n) is 6.76. The molecule has 2 heterocycles. The molecular formula is C16H13ClN2OS2. The van der Waals surface area contributed by atoms with Crippen molar-refractivity contribution in [3.05, 3.63) is 56.5 Å². The Morgan fingerprint density at radius 2 is 2.27 bits per heavy atom. The Morgan fingerprint density at radius 1 is 1.41 bits per heavy atom. The molecule has 1 amide bonds. The molecule has 0 aliphatic rings. The van der Waals surface area contributed by atoms with E-state index in [4.69, 9.17) is 11.6 Å². The second-order valence-corrected chi connectivity index (χ2v) is 6.96. The lowest BCUT2D eigenvalue weighted by molar-refractivity contribution is -0.113. The van der Waals surface area contributed by atoms with Crippen LogP contribution in [0, 0.1) is 0 Å². The molecule has 112 valence electrons. The third-order valence-corrected chi connectivity index (χ3v) is 5.21. The average Bonchev–Trinajstić information content (AvgIpc) is 3.11. The van der Waals surface area contributed by atoms with Gasteiger partial charge in [-0.1, -0.05) is 29.0 Å². The number of carbonyl (C=O) groups excluding carboxylic acids is 1. The van der Waals surface area contributed by atoms with Gasteiger partial charge in [0.25, 0.3) is 5.91 Å². The predicted molar refractivity (Wildman–Crippen MR) is 94.4 cm³/mol. The number of aromatic nitrogens is 1. The van der Waals surface area contributed by atoms with Crippen molar-refractivity contribution in [2.45, 2.75) is 13.5 Å². The number of hydrogen-bond acceptors (Lipinski definition) is 3. The molecular weight excluding hydrogens is 336 g/mol. The van der Waals surface area contributed by atoms with E-state index in [0.717, 1.165) is 21.6 Å². The SMILES string of the molecule is CCn1c(=NC(=O)/C=C/c2cccs2)sc2cc(Cl)ccc21. The normalized spacial score (nSPS) is 12.5. The van der Waals surface area contributed by atoms with Crippen LogP contribution in [0.5, 0.6) is 0 Å². The second-order valence-electron chi connectivity index (χ2n) is 4.54. The molecule has 3 nitrogen and oxygen atoms in total. The number of hydrogen-bond donors (Lipinski definition) is 0. The van der Waals surface area contributed by atoms with Crippen molar-refractivity contribution in [1.29, 1.82) is 0 Å². The fourth-order valence-electron chi connectivity index (χ4n) is 2.11. The number of rotatable bonds is 3. The van der Waals surface area contributed by atoms with Crippen LogP contribution in [-0.4, -0.2) is 10.5 Å². The Morgan fingerprint density at radius 3 is 3.00 bits per heavy atom. The summed E-state index contributed by atoms with van der Waals surface area (Å²) >= 11 is 9.09. The summed E-state index contributed by atoms with van der Waals surface area (Å²) in [5.74, 6) is -0.256. The number of amides is 1. The summed E-state index contributed by atoms with van der Waals surface area (Å²) in [6, 6.07) is 9.63. The summed E-state index contributed by atoms with van der Waals surface area (Å²) in [6.45, 7) is 2.79. The predicted octanol–water partition coefficient (Wildman–Crippen LogP) is 4.58. The van der Waals surface area contributed by atoms with Crippen molar-refractivity contribution < 1.29 is 4.79 Å². The highest BCUT2D eigenvalue weighted by molar-refractivity contribution is 7.16. The molecule has 0 N–H and O–H groups in total. The maximum Gasteiger partial charge on any atom is 0.272 e. The van der Waals surface area contributed by atoms with E-state index in [-0.39, 0.29) is 5.91 Å². The fraction of sp³-hybridized carbons (Fsp3) is 0.125. The van der Waals surface area contributed by atoms with Gasteiger partial charge < -0.3 is 4.57 Å². The van der Waals surface area contributed by atoms with Crippen LogP contribution in [0.25, 0.3) is 16.3 Å². The zero-order chi connectivity index (χ0) is 15.5. The van der Waals surface area contributed by atoms with Gasteiger partial charge in [0, 0.05) is 22.5 Å². The van der Waals surface area contributed by atoms with E-state index in [2.05, 4.69) is 4.99 Å². The Hall–Kier alpha value is -1.69. The van der Waals surface area contributed by atoms with Gasteiger partial charge >= 0.3 is 0 Å². The standard InChI is InChI=1S/C16H13ClN2OS2/c1-2-19-13-7-5-11(17)10-14(13)22-16(19)18-15(20)8-6-12-4-3-9-21-12/h3-10H,2H2,1H3/b8-6+,18-16?. The molecule has 0 saturated heterocycles. The first-order valence-corrected chi connectivity index (χ1v) is 8.84. The molecule has 22 heavy (non-hydrogen) atoms. The van der Waals surface area contributed by atoms with Gasteiger partial charge in [-0.05, 0) is 42.6 Å². The van der Waals surface area contributed by atoms with Gasteiger partial charge in [-0.3, -0.25) is 4.79 Å². The first-order chi connectivity index (χ1) is 10.7. The van der Waals surface area contributed by atoms with E-state index in [1.165, 1.54) is 17.4 Å². The second kappa shape index (κ2) is 6.60.